The predicted molar refractivity (Wildman–Crippen MR) is 108 cm³/mol. The van der Waals surface area contributed by atoms with Gasteiger partial charge in [0.15, 0.2) is 0 Å². The van der Waals surface area contributed by atoms with Crippen LogP contribution >= 0.6 is 15.9 Å². The minimum Gasteiger partial charge on any atom is -0.488 e. The fourth-order valence-corrected chi connectivity index (χ4v) is 2.87. The highest BCUT2D eigenvalue weighted by atomic mass is 79.9. The SMILES string of the molecule is O=c1[nH]c(/C=C/c2cc(Br)ccc2OCc2ccccc2)c([N+](=O)[O-])c(=O)[nH]1. The lowest BCUT2D eigenvalue weighted by Gasteiger charge is -2.10. The summed E-state index contributed by atoms with van der Waals surface area (Å²) in [4.78, 5) is 37.6. The topological polar surface area (TPSA) is 118 Å². The summed E-state index contributed by atoms with van der Waals surface area (Å²) < 4.78 is 6.62. The fourth-order valence-electron chi connectivity index (χ4n) is 2.49. The number of nitrogens with one attached hydrogen (secondary N) is 2. The van der Waals surface area contributed by atoms with E-state index in [1.807, 2.05) is 35.3 Å². The molecule has 1 aromatic heterocycles. The number of ether oxygens (including phenoxy) is 1. The molecule has 0 bridgehead atoms. The van der Waals surface area contributed by atoms with Crippen LogP contribution in [-0.2, 0) is 6.61 Å². The molecule has 0 radical (unpaired) electrons. The molecule has 2 N–H and O–H groups in total. The molecule has 28 heavy (non-hydrogen) atoms. The van der Waals surface area contributed by atoms with Crippen LogP contribution in [0.3, 0.4) is 0 Å². The molecule has 9 heteroatoms. The maximum Gasteiger partial charge on any atom is 0.357 e. The number of aromatic amines is 2. The first-order valence-electron chi connectivity index (χ1n) is 8.09. The molecule has 142 valence electrons. The van der Waals surface area contributed by atoms with Gasteiger partial charge in [-0.05, 0) is 35.9 Å². The van der Waals surface area contributed by atoms with Gasteiger partial charge in [-0.2, -0.15) is 0 Å². The van der Waals surface area contributed by atoms with Gasteiger partial charge in [0.05, 0.1) is 4.92 Å². The first kappa shape index (κ1) is 19.3. The smallest absolute Gasteiger partial charge is 0.357 e. The monoisotopic (exact) mass is 443 g/mol. The van der Waals surface area contributed by atoms with Gasteiger partial charge < -0.3 is 9.72 Å². The van der Waals surface area contributed by atoms with E-state index in [9.17, 15) is 19.7 Å². The zero-order valence-electron chi connectivity index (χ0n) is 14.3. The number of hydrogen-bond donors (Lipinski definition) is 2. The Morgan fingerprint density at radius 3 is 2.54 bits per heavy atom. The lowest BCUT2D eigenvalue weighted by atomic mass is 10.1. The molecule has 3 rings (SSSR count). The molecule has 0 aliphatic rings. The third-order valence-corrected chi connectivity index (χ3v) is 4.26. The number of aromatic nitrogens is 2. The normalized spacial score (nSPS) is 10.9. The van der Waals surface area contributed by atoms with Gasteiger partial charge in [0, 0.05) is 10.0 Å². The summed E-state index contributed by atoms with van der Waals surface area (Å²) in [6.45, 7) is 0.339. The summed E-state index contributed by atoms with van der Waals surface area (Å²) in [7, 11) is 0. The maximum absolute atomic E-state index is 11.7. The predicted octanol–water partition coefficient (Wildman–Crippen LogP) is 3.48. The van der Waals surface area contributed by atoms with Crippen molar-refractivity contribution in [3.63, 3.8) is 0 Å². The van der Waals surface area contributed by atoms with E-state index in [4.69, 9.17) is 4.74 Å². The van der Waals surface area contributed by atoms with Crippen molar-refractivity contribution in [1.29, 1.82) is 0 Å². The van der Waals surface area contributed by atoms with Crippen LogP contribution in [0.5, 0.6) is 5.75 Å². The van der Waals surface area contributed by atoms with Crippen molar-refractivity contribution < 1.29 is 9.66 Å². The molecule has 0 saturated heterocycles. The number of rotatable bonds is 6. The van der Waals surface area contributed by atoms with E-state index in [1.54, 1.807) is 18.2 Å². The molecule has 1 heterocycles. The molecular weight excluding hydrogens is 430 g/mol. The Bertz CT molecular complexity index is 1150. The number of halogens is 1. The minimum absolute atomic E-state index is 0.201. The highest BCUT2D eigenvalue weighted by molar-refractivity contribution is 9.10. The largest absolute Gasteiger partial charge is 0.488 e. The molecule has 0 unspecified atom stereocenters. The van der Waals surface area contributed by atoms with Crippen LogP contribution in [0.4, 0.5) is 5.69 Å². The summed E-state index contributed by atoms with van der Waals surface area (Å²) in [6.07, 6.45) is 2.83. The van der Waals surface area contributed by atoms with Crippen molar-refractivity contribution in [3.05, 3.63) is 101 Å². The number of H-pyrrole nitrogens is 2. The van der Waals surface area contributed by atoms with Crippen LogP contribution < -0.4 is 16.0 Å². The Morgan fingerprint density at radius 1 is 1.07 bits per heavy atom. The van der Waals surface area contributed by atoms with Gasteiger partial charge in [-0.3, -0.25) is 19.9 Å². The first-order chi connectivity index (χ1) is 13.4. The summed E-state index contributed by atoms with van der Waals surface area (Å²) >= 11 is 3.37. The van der Waals surface area contributed by atoms with Gasteiger partial charge in [0.2, 0.25) is 0 Å². The molecule has 0 saturated carbocycles. The van der Waals surface area contributed by atoms with Crippen molar-refractivity contribution in [3.8, 4) is 5.75 Å². The molecule has 0 fully saturated rings. The van der Waals surface area contributed by atoms with Gasteiger partial charge in [-0.25, -0.2) is 4.79 Å². The van der Waals surface area contributed by atoms with Crippen molar-refractivity contribution in [2.24, 2.45) is 0 Å². The maximum atomic E-state index is 11.7. The number of benzene rings is 2. The van der Waals surface area contributed by atoms with Crippen LogP contribution in [0.15, 0.2) is 62.6 Å². The molecular formula is C19H14BrN3O5. The highest BCUT2D eigenvalue weighted by Gasteiger charge is 2.18. The van der Waals surface area contributed by atoms with E-state index in [-0.39, 0.29) is 5.69 Å². The second-order valence-electron chi connectivity index (χ2n) is 5.72. The lowest BCUT2D eigenvalue weighted by Crippen LogP contribution is -2.25. The van der Waals surface area contributed by atoms with Crippen molar-refractivity contribution in [2.75, 3.05) is 0 Å². The average Bonchev–Trinajstić information content (AvgIpc) is 2.65. The quantitative estimate of drug-likeness (QED) is 0.446. The first-order valence-corrected chi connectivity index (χ1v) is 8.88. The Morgan fingerprint density at radius 2 is 1.82 bits per heavy atom. The zero-order valence-corrected chi connectivity index (χ0v) is 15.9. The Kier molecular flexibility index (Phi) is 5.85. The second-order valence-corrected chi connectivity index (χ2v) is 6.63. The summed E-state index contributed by atoms with van der Waals surface area (Å²) in [5.41, 5.74) is -1.24. The molecule has 0 aliphatic carbocycles. The van der Waals surface area contributed by atoms with E-state index in [0.717, 1.165) is 10.0 Å². The van der Waals surface area contributed by atoms with Gasteiger partial charge in [-0.15, -0.1) is 0 Å². The second kappa shape index (κ2) is 8.49. The van der Waals surface area contributed by atoms with E-state index in [2.05, 4.69) is 20.9 Å². The third-order valence-electron chi connectivity index (χ3n) is 3.77. The van der Waals surface area contributed by atoms with Crippen LogP contribution in [-0.4, -0.2) is 14.9 Å². The highest BCUT2D eigenvalue weighted by Crippen LogP contribution is 2.26. The number of nitrogens with zero attached hydrogens (tertiary/aromatic N) is 1. The van der Waals surface area contributed by atoms with Gasteiger partial charge in [0.1, 0.15) is 18.1 Å². The van der Waals surface area contributed by atoms with Crippen LogP contribution in [0.2, 0.25) is 0 Å². The van der Waals surface area contributed by atoms with E-state index in [0.29, 0.717) is 17.9 Å². The van der Waals surface area contributed by atoms with Crippen LogP contribution in [0.25, 0.3) is 12.2 Å². The van der Waals surface area contributed by atoms with Crippen molar-refractivity contribution >= 4 is 33.8 Å². The summed E-state index contributed by atoms with van der Waals surface area (Å²) in [5.74, 6) is 0.540. The lowest BCUT2D eigenvalue weighted by molar-refractivity contribution is -0.386. The number of hydrogen-bond acceptors (Lipinski definition) is 5. The van der Waals surface area contributed by atoms with E-state index in [1.165, 1.54) is 12.2 Å². The van der Waals surface area contributed by atoms with Crippen molar-refractivity contribution in [2.45, 2.75) is 6.61 Å². The molecule has 8 nitrogen and oxygen atoms in total. The van der Waals surface area contributed by atoms with Gasteiger partial charge >= 0.3 is 16.9 Å². The molecule has 0 amide bonds. The van der Waals surface area contributed by atoms with Gasteiger partial charge in [0.25, 0.3) is 0 Å². The van der Waals surface area contributed by atoms with E-state index < -0.39 is 21.9 Å². The van der Waals surface area contributed by atoms with Crippen LogP contribution in [0, 0.1) is 10.1 Å². The average molecular weight is 444 g/mol. The minimum atomic E-state index is -1.07. The Labute approximate surface area is 166 Å². The third kappa shape index (κ3) is 4.63. The molecule has 0 atom stereocenters. The summed E-state index contributed by atoms with van der Waals surface area (Å²) in [5, 5.41) is 11.1. The standard InChI is InChI=1S/C19H14BrN3O5/c20-14-7-9-16(28-11-12-4-2-1-3-5-12)13(10-14)6-8-15-17(23(26)27)18(24)22-19(25)21-15/h1-10H,11H2,(H2,21,22,24,25)/b8-6+. The van der Waals surface area contributed by atoms with Crippen molar-refractivity contribution in [1.82, 2.24) is 9.97 Å². The molecule has 2 aromatic carbocycles. The molecule has 3 aromatic rings. The molecule has 0 aliphatic heterocycles. The number of nitro groups is 1. The zero-order chi connectivity index (χ0) is 20.1. The summed E-state index contributed by atoms with van der Waals surface area (Å²) in [6, 6.07) is 14.9. The molecule has 0 spiro atoms. The van der Waals surface area contributed by atoms with E-state index >= 15 is 0 Å². The fraction of sp³-hybridized carbons (Fsp3) is 0.0526. The van der Waals surface area contributed by atoms with Crippen LogP contribution in [0.1, 0.15) is 16.8 Å². The Hall–Kier alpha value is -3.46. The Balaban J connectivity index is 1.94. The van der Waals surface area contributed by atoms with Gasteiger partial charge in [-0.1, -0.05) is 46.3 Å².